The number of rotatable bonds is 6. The van der Waals surface area contributed by atoms with E-state index >= 15 is 0 Å². The molecule has 1 aromatic carbocycles. The lowest BCUT2D eigenvalue weighted by atomic mass is 10.0. The number of aryl methyl sites for hydroxylation is 1. The standard InChI is InChI=1S/C20H21F3N4O2S2/c21-20(22,23)31(28,29)26-10-16-3-1-2-4-19(16)27(11-17-9-24-14-25-17)18(12-26)6-5-15-7-8-30-13-15/h1-4,7-9,13-14,18H,5-6,10-12H2,(H,24,25)/t18-/m0/s1. The molecular weight excluding hydrogens is 449 g/mol. The minimum absolute atomic E-state index is 0.255. The van der Waals surface area contributed by atoms with Crippen LogP contribution >= 0.6 is 11.3 Å². The maximum Gasteiger partial charge on any atom is 0.511 e. The Morgan fingerprint density at radius 1 is 1.23 bits per heavy atom. The maximum atomic E-state index is 13.4. The monoisotopic (exact) mass is 470 g/mol. The molecule has 0 aliphatic carbocycles. The lowest BCUT2D eigenvalue weighted by molar-refractivity contribution is -0.0492. The normalized spacial score (nSPS) is 18.0. The van der Waals surface area contributed by atoms with Crippen LogP contribution in [0.25, 0.3) is 0 Å². The van der Waals surface area contributed by atoms with Crippen molar-refractivity contribution in [2.45, 2.75) is 37.5 Å². The van der Waals surface area contributed by atoms with E-state index in [9.17, 15) is 21.6 Å². The summed E-state index contributed by atoms with van der Waals surface area (Å²) in [5.74, 6) is 0. The second-order valence-electron chi connectivity index (χ2n) is 7.40. The van der Waals surface area contributed by atoms with Crippen LogP contribution in [0.4, 0.5) is 18.9 Å². The number of benzene rings is 1. The average Bonchev–Trinajstić information content (AvgIpc) is 3.39. The third kappa shape index (κ3) is 4.63. The SMILES string of the molecule is O=S(=O)(N1Cc2ccccc2N(Cc2cnc[nH]2)[C@@H](CCc2ccsc2)C1)C(F)(F)F. The van der Waals surface area contributed by atoms with Gasteiger partial charge in [-0.05, 0) is 46.9 Å². The van der Waals surface area contributed by atoms with Gasteiger partial charge in [0.05, 0.1) is 18.6 Å². The van der Waals surface area contributed by atoms with Crippen molar-refractivity contribution in [3.63, 3.8) is 0 Å². The Kier molecular flexibility index (Phi) is 6.09. The number of nitrogens with zero attached hydrogens (tertiary/aromatic N) is 3. The molecule has 0 spiro atoms. The largest absolute Gasteiger partial charge is 0.511 e. The number of nitrogens with one attached hydrogen (secondary N) is 1. The van der Waals surface area contributed by atoms with Gasteiger partial charge in [0.25, 0.3) is 0 Å². The molecule has 1 aliphatic rings. The molecule has 0 unspecified atom stereocenters. The minimum atomic E-state index is -5.47. The highest BCUT2D eigenvalue weighted by Gasteiger charge is 2.51. The number of fused-ring (bicyclic) bond motifs is 1. The molecule has 31 heavy (non-hydrogen) atoms. The molecule has 0 saturated heterocycles. The molecule has 6 nitrogen and oxygen atoms in total. The second kappa shape index (κ2) is 8.64. The van der Waals surface area contributed by atoms with Crippen LogP contribution in [0.15, 0.2) is 53.6 Å². The number of anilines is 1. The molecule has 4 rings (SSSR count). The van der Waals surface area contributed by atoms with Gasteiger partial charge >= 0.3 is 15.5 Å². The zero-order valence-corrected chi connectivity index (χ0v) is 18.1. The summed E-state index contributed by atoms with van der Waals surface area (Å²) in [6.07, 6.45) is 4.34. The average molecular weight is 471 g/mol. The van der Waals surface area contributed by atoms with Gasteiger partial charge in [0.1, 0.15) is 0 Å². The third-order valence-corrected chi connectivity index (χ3v) is 7.65. The van der Waals surface area contributed by atoms with E-state index in [0.29, 0.717) is 29.3 Å². The maximum absolute atomic E-state index is 13.4. The van der Waals surface area contributed by atoms with E-state index in [1.807, 2.05) is 33.9 Å². The Morgan fingerprint density at radius 3 is 2.71 bits per heavy atom. The molecule has 11 heteroatoms. The summed E-state index contributed by atoms with van der Waals surface area (Å²) in [5.41, 5.74) is -2.21. The van der Waals surface area contributed by atoms with Gasteiger partial charge in [0.15, 0.2) is 0 Å². The third-order valence-electron chi connectivity index (χ3n) is 5.38. The Labute approximate surface area is 182 Å². The molecule has 1 atom stereocenters. The quantitative estimate of drug-likeness (QED) is 0.588. The zero-order chi connectivity index (χ0) is 22.1. The van der Waals surface area contributed by atoms with Crippen LogP contribution < -0.4 is 4.90 Å². The minimum Gasteiger partial charge on any atom is -0.361 e. The van der Waals surface area contributed by atoms with E-state index in [0.717, 1.165) is 16.9 Å². The van der Waals surface area contributed by atoms with Crippen LogP contribution in [0, 0.1) is 0 Å². The van der Waals surface area contributed by atoms with Gasteiger partial charge in [0, 0.05) is 31.0 Å². The number of para-hydroxylation sites is 1. The van der Waals surface area contributed by atoms with E-state index in [1.54, 1.807) is 36.0 Å². The number of alkyl halides is 3. The van der Waals surface area contributed by atoms with Crippen LogP contribution in [0.3, 0.4) is 0 Å². The van der Waals surface area contributed by atoms with Crippen LogP contribution in [0.2, 0.25) is 0 Å². The van der Waals surface area contributed by atoms with Gasteiger partial charge in [-0.15, -0.1) is 0 Å². The van der Waals surface area contributed by atoms with E-state index in [-0.39, 0.29) is 13.1 Å². The number of H-pyrrole nitrogens is 1. The van der Waals surface area contributed by atoms with Crippen LogP contribution in [-0.4, -0.2) is 40.8 Å². The molecule has 0 fully saturated rings. The fourth-order valence-corrected chi connectivity index (χ4v) is 5.50. The second-order valence-corrected chi connectivity index (χ2v) is 10.1. The van der Waals surface area contributed by atoms with E-state index in [4.69, 9.17) is 0 Å². The first-order valence-corrected chi connectivity index (χ1v) is 12.0. The summed E-state index contributed by atoms with van der Waals surface area (Å²) in [4.78, 5) is 9.05. The summed E-state index contributed by atoms with van der Waals surface area (Å²) in [6, 6.07) is 8.53. The van der Waals surface area contributed by atoms with Crippen molar-refractivity contribution < 1.29 is 21.6 Å². The fraction of sp³-hybridized carbons (Fsp3) is 0.350. The first kappa shape index (κ1) is 21.8. The molecule has 0 saturated carbocycles. The Morgan fingerprint density at radius 2 is 2.03 bits per heavy atom. The number of aromatic nitrogens is 2. The van der Waals surface area contributed by atoms with E-state index in [2.05, 4.69) is 9.97 Å². The molecule has 166 valence electrons. The molecule has 0 amide bonds. The number of hydrogen-bond acceptors (Lipinski definition) is 5. The van der Waals surface area contributed by atoms with Gasteiger partial charge in [-0.25, -0.2) is 13.4 Å². The molecule has 3 heterocycles. The summed E-state index contributed by atoms with van der Waals surface area (Å²) in [5, 5.41) is 3.94. The summed E-state index contributed by atoms with van der Waals surface area (Å²) in [6.45, 7) is -0.202. The topological polar surface area (TPSA) is 69.3 Å². The number of aromatic amines is 1. The number of imidazole rings is 1. The number of hydrogen-bond donors (Lipinski definition) is 1. The summed E-state index contributed by atoms with van der Waals surface area (Å²) >= 11 is 1.55. The highest BCUT2D eigenvalue weighted by Crippen LogP contribution is 2.35. The molecular formula is C20H21F3N4O2S2. The van der Waals surface area contributed by atoms with Gasteiger partial charge in [-0.2, -0.15) is 28.8 Å². The number of thiophene rings is 1. The zero-order valence-electron chi connectivity index (χ0n) is 16.4. The van der Waals surface area contributed by atoms with Crippen LogP contribution in [-0.2, 0) is 29.5 Å². The van der Waals surface area contributed by atoms with Gasteiger partial charge in [-0.3, -0.25) is 0 Å². The lowest BCUT2D eigenvalue weighted by Gasteiger charge is -2.34. The highest BCUT2D eigenvalue weighted by molar-refractivity contribution is 7.89. The Bertz CT molecular complexity index is 1100. The first-order valence-electron chi connectivity index (χ1n) is 9.65. The predicted octanol–water partition coefficient (Wildman–Crippen LogP) is 4.14. The van der Waals surface area contributed by atoms with Crippen molar-refractivity contribution in [2.24, 2.45) is 0 Å². The van der Waals surface area contributed by atoms with Crippen molar-refractivity contribution in [3.8, 4) is 0 Å². The smallest absolute Gasteiger partial charge is 0.361 e. The molecule has 3 aromatic rings. The van der Waals surface area contributed by atoms with Crippen molar-refractivity contribution in [2.75, 3.05) is 11.4 Å². The highest BCUT2D eigenvalue weighted by atomic mass is 32.2. The molecule has 0 bridgehead atoms. The lowest BCUT2D eigenvalue weighted by Crippen LogP contribution is -2.47. The molecule has 2 aromatic heterocycles. The van der Waals surface area contributed by atoms with Crippen molar-refractivity contribution in [1.29, 1.82) is 0 Å². The summed E-state index contributed by atoms with van der Waals surface area (Å²) in [7, 11) is -5.47. The number of sulfonamides is 1. The molecule has 0 radical (unpaired) electrons. The first-order chi connectivity index (χ1) is 14.8. The van der Waals surface area contributed by atoms with Gasteiger partial charge < -0.3 is 9.88 Å². The van der Waals surface area contributed by atoms with Gasteiger partial charge in [-0.1, -0.05) is 18.2 Å². The van der Waals surface area contributed by atoms with Crippen molar-refractivity contribution in [3.05, 3.63) is 70.4 Å². The van der Waals surface area contributed by atoms with Crippen LogP contribution in [0.5, 0.6) is 0 Å². The van der Waals surface area contributed by atoms with E-state index in [1.165, 1.54) is 0 Å². The van der Waals surface area contributed by atoms with Crippen molar-refractivity contribution >= 4 is 27.0 Å². The predicted molar refractivity (Wildman–Crippen MR) is 113 cm³/mol. The molecule has 1 N–H and O–H groups in total. The Balaban J connectivity index is 1.74. The molecule has 1 aliphatic heterocycles. The Hall–Kier alpha value is -2.37. The van der Waals surface area contributed by atoms with E-state index < -0.39 is 21.6 Å². The number of halogens is 3. The van der Waals surface area contributed by atoms with Crippen molar-refractivity contribution in [1.82, 2.24) is 14.3 Å². The fourth-order valence-electron chi connectivity index (χ4n) is 3.82. The van der Waals surface area contributed by atoms with Gasteiger partial charge in [0.2, 0.25) is 0 Å². The summed E-state index contributed by atoms with van der Waals surface area (Å²) < 4.78 is 65.5. The van der Waals surface area contributed by atoms with Crippen LogP contribution in [0.1, 0.15) is 23.2 Å².